The van der Waals surface area contributed by atoms with Gasteiger partial charge in [0, 0.05) is 40.4 Å². The minimum absolute atomic E-state index is 0. The SMILES string of the molecule is CCS(=O)(=O)NCCCNC(=NC)NCC1(CCOC)CCC1.I. The molecule has 0 atom stereocenters. The second-order valence-corrected chi connectivity index (χ2v) is 8.20. The van der Waals surface area contributed by atoms with E-state index in [4.69, 9.17) is 4.74 Å². The summed E-state index contributed by atoms with van der Waals surface area (Å²) in [4.78, 5) is 4.22. The van der Waals surface area contributed by atoms with E-state index in [1.165, 1.54) is 19.3 Å². The lowest BCUT2D eigenvalue weighted by molar-refractivity contribution is 0.0732. The van der Waals surface area contributed by atoms with Gasteiger partial charge in [0.2, 0.25) is 10.0 Å². The number of methoxy groups -OCH3 is 1. The highest BCUT2D eigenvalue weighted by molar-refractivity contribution is 14.0. The number of hydrogen-bond acceptors (Lipinski definition) is 4. The molecule has 1 saturated carbocycles. The van der Waals surface area contributed by atoms with Gasteiger partial charge in [-0.25, -0.2) is 13.1 Å². The molecule has 7 nitrogen and oxygen atoms in total. The number of sulfonamides is 1. The number of nitrogens with zero attached hydrogens (tertiary/aromatic N) is 1. The van der Waals surface area contributed by atoms with Gasteiger partial charge in [0.05, 0.1) is 5.75 Å². The summed E-state index contributed by atoms with van der Waals surface area (Å²) in [6.45, 7) is 4.45. The van der Waals surface area contributed by atoms with E-state index in [2.05, 4.69) is 20.3 Å². The van der Waals surface area contributed by atoms with E-state index in [-0.39, 0.29) is 29.7 Å². The average Bonchev–Trinajstić information content (AvgIpc) is 2.51. The Kier molecular flexibility index (Phi) is 12.2. The molecule has 0 spiro atoms. The lowest BCUT2D eigenvalue weighted by Crippen LogP contribution is -2.47. The standard InChI is InChI=1S/C15H32N4O3S.HI/c1-4-23(20,21)19-11-6-10-17-14(16-2)18-13-15(7-5-8-15)9-12-22-3;/h19H,4-13H2,1-3H3,(H2,16,17,18);1H. The molecule has 0 aromatic carbocycles. The van der Waals surface area contributed by atoms with E-state index in [1.54, 1.807) is 21.1 Å². The van der Waals surface area contributed by atoms with Crippen molar-refractivity contribution in [2.24, 2.45) is 10.4 Å². The van der Waals surface area contributed by atoms with Crippen LogP contribution in [0.25, 0.3) is 0 Å². The highest BCUT2D eigenvalue weighted by atomic mass is 127. The third-order valence-electron chi connectivity index (χ3n) is 4.45. The Hall–Kier alpha value is -0.130. The Balaban J connectivity index is 0.00000529. The van der Waals surface area contributed by atoms with Crippen molar-refractivity contribution in [3.63, 3.8) is 0 Å². The minimum Gasteiger partial charge on any atom is -0.385 e. The molecule has 0 aromatic heterocycles. The van der Waals surface area contributed by atoms with Crippen LogP contribution in [0.2, 0.25) is 0 Å². The first-order chi connectivity index (χ1) is 11.0. The number of aliphatic imine (C=N–C) groups is 1. The molecule has 0 aliphatic heterocycles. The van der Waals surface area contributed by atoms with Gasteiger partial charge in [0.1, 0.15) is 0 Å². The van der Waals surface area contributed by atoms with Crippen LogP contribution < -0.4 is 15.4 Å². The van der Waals surface area contributed by atoms with Gasteiger partial charge in [0.25, 0.3) is 0 Å². The summed E-state index contributed by atoms with van der Waals surface area (Å²) in [6.07, 6.45) is 5.55. The molecule has 9 heteroatoms. The predicted octanol–water partition coefficient (Wildman–Crippen LogP) is 1.31. The summed E-state index contributed by atoms with van der Waals surface area (Å²) in [5.41, 5.74) is 0.338. The van der Waals surface area contributed by atoms with E-state index in [9.17, 15) is 8.42 Å². The Bertz CT molecular complexity index is 467. The van der Waals surface area contributed by atoms with Crippen molar-refractivity contribution in [2.45, 2.75) is 39.0 Å². The zero-order chi connectivity index (χ0) is 17.2. The molecular formula is C15H33IN4O3S. The number of ether oxygens (including phenoxy) is 1. The highest BCUT2D eigenvalue weighted by Gasteiger charge is 2.36. The van der Waals surface area contributed by atoms with Crippen molar-refractivity contribution < 1.29 is 13.2 Å². The lowest BCUT2D eigenvalue weighted by Gasteiger charge is -2.42. The molecule has 1 aliphatic rings. The normalized spacial score (nSPS) is 16.9. The first kappa shape index (κ1) is 23.9. The van der Waals surface area contributed by atoms with Crippen molar-refractivity contribution in [3.05, 3.63) is 0 Å². The third-order valence-corrected chi connectivity index (χ3v) is 5.86. The zero-order valence-electron chi connectivity index (χ0n) is 15.1. The number of halogens is 1. The van der Waals surface area contributed by atoms with E-state index < -0.39 is 10.0 Å². The number of hydrogen-bond donors (Lipinski definition) is 3. The van der Waals surface area contributed by atoms with E-state index in [1.807, 2.05) is 0 Å². The Morgan fingerprint density at radius 3 is 2.46 bits per heavy atom. The van der Waals surface area contributed by atoms with Crippen molar-refractivity contribution in [3.8, 4) is 0 Å². The number of guanidine groups is 1. The van der Waals surface area contributed by atoms with Gasteiger partial charge in [0.15, 0.2) is 5.96 Å². The van der Waals surface area contributed by atoms with Crippen LogP contribution in [-0.4, -0.2) is 60.5 Å². The molecule has 0 amide bonds. The predicted molar refractivity (Wildman–Crippen MR) is 110 cm³/mol. The highest BCUT2D eigenvalue weighted by Crippen LogP contribution is 2.43. The molecule has 1 rings (SSSR count). The second kappa shape index (κ2) is 12.3. The van der Waals surface area contributed by atoms with Gasteiger partial charge >= 0.3 is 0 Å². The Morgan fingerprint density at radius 2 is 1.96 bits per heavy atom. The van der Waals surface area contributed by atoms with Crippen LogP contribution in [0.1, 0.15) is 39.0 Å². The fourth-order valence-corrected chi connectivity index (χ4v) is 3.29. The van der Waals surface area contributed by atoms with Gasteiger partial charge in [-0.15, -0.1) is 24.0 Å². The third kappa shape index (κ3) is 8.82. The van der Waals surface area contributed by atoms with Gasteiger partial charge < -0.3 is 15.4 Å². The fourth-order valence-electron chi connectivity index (χ4n) is 2.63. The molecule has 0 aromatic rings. The topological polar surface area (TPSA) is 91.8 Å². The molecular weight excluding hydrogens is 443 g/mol. The van der Waals surface area contributed by atoms with Crippen LogP contribution in [0.5, 0.6) is 0 Å². The summed E-state index contributed by atoms with van der Waals surface area (Å²) in [7, 11) is 0.395. The van der Waals surface area contributed by atoms with Gasteiger partial charge in [-0.3, -0.25) is 4.99 Å². The van der Waals surface area contributed by atoms with Gasteiger partial charge in [-0.2, -0.15) is 0 Å². The van der Waals surface area contributed by atoms with E-state index in [0.29, 0.717) is 18.5 Å². The Labute approximate surface area is 163 Å². The lowest BCUT2D eigenvalue weighted by atomic mass is 9.67. The smallest absolute Gasteiger partial charge is 0.211 e. The molecule has 1 aliphatic carbocycles. The molecule has 1 fully saturated rings. The fraction of sp³-hybridized carbons (Fsp3) is 0.933. The molecule has 0 saturated heterocycles. The average molecular weight is 476 g/mol. The summed E-state index contributed by atoms with van der Waals surface area (Å²) in [6, 6.07) is 0. The maximum atomic E-state index is 11.3. The zero-order valence-corrected chi connectivity index (χ0v) is 18.2. The summed E-state index contributed by atoms with van der Waals surface area (Å²) >= 11 is 0. The number of rotatable bonds is 11. The molecule has 0 radical (unpaired) electrons. The second-order valence-electron chi connectivity index (χ2n) is 6.10. The van der Waals surface area contributed by atoms with E-state index >= 15 is 0 Å². The summed E-state index contributed by atoms with van der Waals surface area (Å²) in [5, 5.41) is 6.61. The summed E-state index contributed by atoms with van der Waals surface area (Å²) in [5.74, 6) is 0.889. The van der Waals surface area contributed by atoms with Crippen LogP contribution in [0.4, 0.5) is 0 Å². The van der Waals surface area contributed by atoms with Crippen LogP contribution in [0, 0.1) is 5.41 Å². The summed E-state index contributed by atoms with van der Waals surface area (Å²) < 4.78 is 30.4. The van der Waals surface area contributed by atoms with E-state index in [0.717, 1.165) is 32.0 Å². The van der Waals surface area contributed by atoms with Gasteiger partial charge in [-0.05, 0) is 38.0 Å². The first-order valence-corrected chi connectivity index (χ1v) is 10.0. The van der Waals surface area contributed by atoms with Crippen molar-refractivity contribution in [1.29, 1.82) is 0 Å². The molecule has 24 heavy (non-hydrogen) atoms. The van der Waals surface area contributed by atoms with Crippen LogP contribution >= 0.6 is 24.0 Å². The first-order valence-electron chi connectivity index (χ1n) is 8.38. The van der Waals surface area contributed by atoms with Crippen molar-refractivity contribution >= 4 is 40.0 Å². The minimum atomic E-state index is -3.10. The largest absolute Gasteiger partial charge is 0.385 e. The maximum absolute atomic E-state index is 11.3. The molecule has 0 bridgehead atoms. The van der Waals surface area contributed by atoms with Crippen LogP contribution in [-0.2, 0) is 14.8 Å². The van der Waals surface area contributed by atoms with Gasteiger partial charge in [-0.1, -0.05) is 6.42 Å². The quantitative estimate of drug-likeness (QED) is 0.181. The molecule has 0 heterocycles. The van der Waals surface area contributed by atoms with Crippen molar-refractivity contribution in [2.75, 3.05) is 46.2 Å². The van der Waals surface area contributed by atoms with Crippen LogP contribution in [0.15, 0.2) is 4.99 Å². The van der Waals surface area contributed by atoms with Crippen molar-refractivity contribution in [1.82, 2.24) is 15.4 Å². The molecule has 144 valence electrons. The number of nitrogens with one attached hydrogen (secondary N) is 3. The Morgan fingerprint density at radius 1 is 1.25 bits per heavy atom. The van der Waals surface area contributed by atoms with Crippen LogP contribution in [0.3, 0.4) is 0 Å². The molecule has 3 N–H and O–H groups in total. The molecule has 0 unspecified atom stereocenters. The maximum Gasteiger partial charge on any atom is 0.211 e. The monoisotopic (exact) mass is 476 g/mol.